The van der Waals surface area contributed by atoms with Crippen LogP contribution in [0.4, 0.5) is 5.69 Å². The number of carbonyl (C=O) groups excluding carboxylic acids is 1. The van der Waals surface area contributed by atoms with Crippen LogP contribution in [0.15, 0.2) is 54.6 Å². The van der Waals surface area contributed by atoms with Crippen molar-refractivity contribution in [2.75, 3.05) is 5.32 Å². The fourth-order valence-electron chi connectivity index (χ4n) is 3.60. The molecule has 0 unspecified atom stereocenters. The number of halogens is 1. The highest BCUT2D eigenvalue weighted by molar-refractivity contribution is 6.30. The highest BCUT2D eigenvalue weighted by atomic mass is 35.5. The number of hydrogen-bond donors (Lipinski definition) is 1. The summed E-state index contributed by atoms with van der Waals surface area (Å²) >= 11 is 6.00. The van der Waals surface area contributed by atoms with Gasteiger partial charge in [0, 0.05) is 16.1 Å². The Kier molecular flexibility index (Phi) is 4.56. The monoisotopic (exact) mass is 365 g/mol. The van der Waals surface area contributed by atoms with Crippen molar-refractivity contribution in [3.8, 4) is 5.75 Å². The Morgan fingerprint density at radius 2 is 1.88 bits per heavy atom. The first-order valence-electron chi connectivity index (χ1n) is 8.92. The van der Waals surface area contributed by atoms with Crippen LogP contribution in [0.5, 0.6) is 5.75 Å². The van der Waals surface area contributed by atoms with Gasteiger partial charge in [-0.25, -0.2) is 0 Å². The standard InChI is InChI=1S/C22H20ClNO2/c1-2-20(26-17-7-4-6-16(23)13-17)22(25)24-19-12-11-15-10-9-14-5-3-8-18(19)21(14)15/h3-8,11-13,20H,2,9-10H2,1H3,(H,24,25)/t20-/m1/s1. The lowest BCUT2D eigenvalue weighted by Crippen LogP contribution is -2.32. The maximum atomic E-state index is 12.8. The summed E-state index contributed by atoms with van der Waals surface area (Å²) in [5.41, 5.74) is 3.55. The van der Waals surface area contributed by atoms with E-state index in [4.69, 9.17) is 16.3 Å². The summed E-state index contributed by atoms with van der Waals surface area (Å²) in [6, 6.07) is 17.5. The highest BCUT2D eigenvalue weighted by Crippen LogP contribution is 2.35. The number of rotatable bonds is 5. The van der Waals surface area contributed by atoms with Crippen LogP contribution in [0.25, 0.3) is 10.8 Å². The smallest absolute Gasteiger partial charge is 0.265 e. The lowest BCUT2D eigenvalue weighted by Gasteiger charge is -2.18. The van der Waals surface area contributed by atoms with E-state index in [9.17, 15) is 4.79 Å². The van der Waals surface area contributed by atoms with Crippen molar-refractivity contribution in [3.63, 3.8) is 0 Å². The summed E-state index contributed by atoms with van der Waals surface area (Å²) in [7, 11) is 0. The molecule has 0 spiro atoms. The number of aryl methyl sites for hydroxylation is 2. The van der Waals surface area contributed by atoms with Crippen LogP contribution in [0.1, 0.15) is 24.5 Å². The molecule has 0 fully saturated rings. The van der Waals surface area contributed by atoms with E-state index in [1.54, 1.807) is 18.2 Å². The van der Waals surface area contributed by atoms with Gasteiger partial charge in [-0.05, 0) is 60.0 Å². The van der Waals surface area contributed by atoms with Crippen molar-refractivity contribution in [1.29, 1.82) is 0 Å². The molecule has 0 heterocycles. The Morgan fingerprint density at radius 3 is 2.65 bits per heavy atom. The molecule has 1 atom stereocenters. The quantitative estimate of drug-likeness (QED) is 0.658. The number of ether oxygens (including phenoxy) is 1. The average Bonchev–Trinajstić information content (AvgIpc) is 3.07. The second-order valence-electron chi connectivity index (χ2n) is 6.57. The third kappa shape index (κ3) is 3.15. The lowest BCUT2D eigenvalue weighted by molar-refractivity contribution is -0.122. The summed E-state index contributed by atoms with van der Waals surface area (Å²) in [4.78, 5) is 12.8. The van der Waals surface area contributed by atoms with Gasteiger partial charge in [0.15, 0.2) is 6.10 Å². The van der Waals surface area contributed by atoms with Crippen molar-refractivity contribution in [1.82, 2.24) is 0 Å². The van der Waals surface area contributed by atoms with Crippen LogP contribution in [0.2, 0.25) is 5.02 Å². The molecule has 3 aromatic carbocycles. The van der Waals surface area contributed by atoms with Gasteiger partial charge in [0.2, 0.25) is 0 Å². The summed E-state index contributed by atoms with van der Waals surface area (Å²) in [5.74, 6) is 0.450. The van der Waals surface area contributed by atoms with Crippen LogP contribution in [0.3, 0.4) is 0 Å². The zero-order valence-corrected chi connectivity index (χ0v) is 15.3. The molecule has 4 rings (SSSR count). The van der Waals surface area contributed by atoms with E-state index in [0.29, 0.717) is 17.2 Å². The maximum absolute atomic E-state index is 12.8. The molecule has 1 aliphatic rings. The topological polar surface area (TPSA) is 38.3 Å². The van der Waals surface area contributed by atoms with Crippen molar-refractivity contribution >= 4 is 34.0 Å². The minimum atomic E-state index is -0.573. The Labute approximate surface area is 157 Å². The SMILES string of the molecule is CC[C@@H](Oc1cccc(Cl)c1)C(=O)Nc1ccc2c3c(cccc13)CC2. The van der Waals surface area contributed by atoms with Gasteiger partial charge in [-0.2, -0.15) is 0 Å². The van der Waals surface area contributed by atoms with Crippen molar-refractivity contribution in [3.05, 3.63) is 70.7 Å². The zero-order valence-electron chi connectivity index (χ0n) is 14.6. The minimum Gasteiger partial charge on any atom is -0.481 e. The number of hydrogen-bond acceptors (Lipinski definition) is 2. The van der Waals surface area contributed by atoms with Gasteiger partial charge in [0.1, 0.15) is 5.75 Å². The summed E-state index contributed by atoms with van der Waals surface area (Å²) in [6.45, 7) is 1.93. The second-order valence-corrected chi connectivity index (χ2v) is 7.01. The first kappa shape index (κ1) is 16.9. The van der Waals surface area contributed by atoms with Crippen molar-refractivity contribution in [2.24, 2.45) is 0 Å². The minimum absolute atomic E-state index is 0.147. The fraction of sp³-hybridized carbons (Fsp3) is 0.227. The number of benzene rings is 3. The molecule has 0 radical (unpaired) electrons. The zero-order chi connectivity index (χ0) is 18.1. The van der Waals surface area contributed by atoms with Gasteiger partial charge in [0.05, 0.1) is 0 Å². The number of carbonyl (C=O) groups is 1. The molecular formula is C22H20ClNO2. The maximum Gasteiger partial charge on any atom is 0.265 e. The molecule has 0 aromatic heterocycles. The van der Waals surface area contributed by atoms with Crippen LogP contribution in [-0.2, 0) is 17.6 Å². The normalized spacial score (nSPS) is 13.6. The summed E-state index contributed by atoms with van der Waals surface area (Å²) in [5, 5.41) is 6.03. The molecular weight excluding hydrogens is 346 g/mol. The van der Waals surface area contributed by atoms with Gasteiger partial charge in [0.25, 0.3) is 5.91 Å². The van der Waals surface area contributed by atoms with E-state index in [2.05, 4.69) is 29.6 Å². The van der Waals surface area contributed by atoms with Crippen LogP contribution < -0.4 is 10.1 Å². The van der Waals surface area contributed by atoms with Crippen LogP contribution >= 0.6 is 11.6 Å². The van der Waals surface area contributed by atoms with Crippen LogP contribution in [-0.4, -0.2) is 12.0 Å². The Balaban J connectivity index is 1.58. The largest absolute Gasteiger partial charge is 0.481 e. The number of nitrogens with one attached hydrogen (secondary N) is 1. The van der Waals surface area contributed by atoms with E-state index in [1.165, 1.54) is 16.5 Å². The molecule has 0 saturated carbocycles. The van der Waals surface area contributed by atoms with E-state index in [0.717, 1.165) is 23.9 Å². The highest BCUT2D eigenvalue weighted by Gasteiger charge is 2.21. The summed E-state index contributed by atoms with van der Waals surface area (Å²) in [6.07, 6.45) is 2.13. The fourth-order valence-corrected chi connectivity index (χ4v) is 3.78. The predicted molar refractivity (Wildman–Crippen MR) is 106 cm³/mol. The Morgan fingerprint density at radius 1 is 1.12 bits per heavy atom. The van der Waals surface area contributed by atoms with Gasteiger partial charge >= 0.3 is 0 Å². The molecule has 0 bridgehead atoms. The Hall–Kier alpha value is -2.52. The molecule has 1 N–H and O–H groups in total. The molecule has 4 heteroatoms. The van der Waals surface area contributed by atoms with Crippen molar-refractivity contribution in [2.45, 2.75) is 32.3 Å². The van der Waals surface area contributed by atoms with Gasteiger partial charge < -0.3 is 10.1 Å². The van der Waals surface area contributed by atoms with Crippen molar-refractivity contribution < 1.29 is 9.53 Å². The number of amides is 1. The first-order valence-corrected chi connectivity index (χ1v) is 9.30. The second kappa shape index (κ2) is 7.00. The Bertz CT molecular complexity index is 973. The van der Waals surface area contributed by atoms with Gasteiger partial charge in [-0.1, -0.05) is 48.9 Å². The van der Waals surface area contributed by atoms with E-state index in [1.807, 2.05) is 19.1 Å². The van der Waals surface area contributed by atoms with Crippen LogP contribution in [0, 0.1) is 0 Å². The third-order valence-electron chi connectivity index (χ3n) is 4.87. The van der Waals surface area contributed by atoms with E-state index >= 15 is 0 Å². The molecule has 1 amide bonds. The molecule has 3 nitrogen and oxygen atoms in total. The average molecular weight is 366 g/mol. The lowest BCUT2D eigenvalue weighted by atomic mass is 10.0. The molecule has 26 heavy (non-hydrogen) atoms. The van der Waals surface area contributed by atoms with E-state index in [-0.39, 0.29) is 5.91 Å². The predicted octanol–water partition coefficient (Wildman–Crippen LogP) is 5.39. The third-order valence-corrected chi connectivity index (χ3v) is 5.11. The van der Waals surface area contributed by atoms with Gasteiger partial charge in [-0.3, -0.25) is 4.79 Å². The molecule has 0 saturated heterocycles. The molecule has 1 aliphatic carbocycles. The first-order chi connectivity index (χ1) is 12.7. The molecule has 0 aliphatic heterocycles. The van der Waals surface area contributed by atoms with E-state index < -0.39 is 6.10 Å². The molecule has 3 aromatic rings. The summed E-state index contributed by atoms with van der Waals surface area (Å²) < 4.78 is 5.85. The molecule has 132 valence electrons. The van der Waals surface area contributed by atoms with Gasteiger partial charge in [-0.15, -0.1) is 0 Å². The number of anilines is 1.